The van der Waals surface area contributed by atoms with E-state index in [2.05, 4.69) is 0 Å². The molecule has 4 nitrogen and oxygen atoms in total. The molecule has 1 aromatic carbocycles. The van der Waals surface area contributed by atoms with E-state index in [0.717, 1.165) is 10.4 Å². The second kappa shape index (κ2) is 4.73. The fourth-order valence-electron chi connectivity index (χ4n) is 2.63. The number of methoxy groups -OCH3 is 1. The summed E-state index contributed by atoms with van der Waals surface area (Å²) in [6.07, 6.45) is 0. The Morgan fingerprint density at radius 3 is 2.80 bits per heavy atom. The van der Waals surface area contributed by atoms with Gasteiger partial charge in [-0.3, -0.25) is 0 Å². The van der Waals surface area contributed by atoms with Gasteiger partial charge in [0, 0.05) is 0 Å². The number of thiophene rings is 1. The summed E-state index contributed by atoms with van der Waals surface area (Å²) in [6, 6.07) is 9.09. The van der Waals surface area contributed by atoms with Crippen molar-refractivity contribution in [3.63, 3.8) is 0 Å². The molecular formula is C14H13BO4S. The zero-order valence-corrected chi connectivity index (χ0v) is 11.9. The minimum atomic E-state index is -1.37. The Morgan fingerprint density at radius 1 is 1.40 bits per heavy atom. The third kappa shape index (κ3) is 1.65. The molecule has 6 heteroatoms. The highest BCUT2D eigenvalue weighted by Crippen LogP contribution is 2.42. The molecule has 1 aliphatic rings. The van der Waals surface area contributed by atoms with Gasteiger partial charge in [-0.05, 0) is 35.0 Å². The molecule has 0 saturated carbocycles. The smallest absolute Gasteiger partial charge is 0.466 e. The van der Waals surface area contributed by atoms with Crippen LogP contribution in [0.2, 0.25) is 0 Å². The summed E-state index contributed by atoms with van der Waals surface area (Å²) in [5.74, 6) is -0.521. The topological polar surface area (TPSA) is 55.8 Å². The van der Waals surface area contributed by atoms with Crippen LogP contribution in [0.5, 0.6) is 0 Å². The summed E-state index contributed by atoms with van der Waals surface area (Å²) in [7, 11) is 0.191. The Kier molecular flexibility index (Phi) is 3.16. The fourth-order valence-corrected chi connectivity index (χ4v) is 3.70. The second-order valence-corrected chi connectivity index (χ2v) is 5.58. The van der Waals surface area contributed by atoms with Crippen molar-refractivity contribution in [3.8, 4) is 0 Å². The predicted molar refractivity (Wildman–Crippen MR) is 77.0 cm³/mol. The number of rotatable bonds is 2. The van der Waals surface area contributed by atoms with Crippen molar-refractivity contribution < 1.29 is 19.2 Å². The van der Waals surface area contributed by atoms with Crippen LogP contribution >= 0.6 is 11.3 Å². The lowest BCUT2D eigenvalue weighted by Gasteiger charge is -2.27. The Hall–Kier alpha value is -1.63. The van der Waals surface area contributed by atoms with E-state index in [1.165, 1.54) is 18.4 Å². The number of carbonyl (C=O) groups excluding carboxylic acids is 1. The van der Waals surface area contributed by atoms with Crippen molar-refractivity contribution in [2.75, 3.05) is 7.11 Å². The van der Waals surface area contributed by atoms with Gasteiger partial charge in [-0.25, -0.2) is 4.79 Å². The summed E-state index contributed by atoms with van der Waals surface area (Å²) in [4.78, 5) is 13.2. The molecule has 1 unspecified atom stereocenters. The van der Waals surface area contributed by atoms with Crippen molar-refractivity contribution >= 4 is 29.9 Å². The fraction of sp³-hybridized carbons (Fsp3) is 0.214. The molecule has 0 radical (unpaired) electrons. The van der Waals surface area contributed by atoms with E-state index in [4.69, 9.17) is 9.39 Å². The Morgan fingerprint density at radius 2 is 2.15 bits per heavy atom. The zero-order valence-electron chi connectivity index (χ0n) is 11.1. The maximum atomic E-state index is 12.4. The highest BCUT2D eigenvalue weighted by molar-refractivity contribution is 7.10. The van der Waals surface area contributed by atoms with Crippen LogP contribution in [0.4, 0.5) is 0 Å². The molecule has 1 atom stereocenters. The van der Waals surface area contributed by atoms with Crippen molar-refractivity contribution in [1.82, 2.24) is 0 Å². The lowest BCUT2D eigenvalue weighted by atomic mass is 9.78. The molecule has 102 valence electrons. The van der Waals surface area contributed by atoms with Gasteiger partial charge in [0.2, 0.25) is 5.60 Å². The molecular weight excluding hydrogens is 275 g/mol. The maximum absolute atomic E-state index is 12.4. The molecule has 0 aliphatic carbocycles. The van der Waals surface area contributed by atoms with Crippen molar-refractivity contribution in [2.24, 2.45) is 0 Å². The minimum Gasteiger partial charge on any atom is -0.466 e. The van der Waals surface area contributed by atoms with Crippen molar-refractivity contribution in [2.45, 2.75) is 12.5 Å². The molecule has 0 fully saturated rings. The highest BCUT2D eigenvalue weighted by Gasteiger charge is 2.55. The highest BCUT2D eigenvalue weighted by atomic mass is 32.1. The van der Waals surface area contributed by atoms with Gasteiger partial charge in [0.05, 0.1) is 12.0 Å². The number of aryl methyl sites for hydroxylation is 1. The van der Waals surface area contributed by atoms with Crippen LogP contribution in [-0.2, 0) is 19.8 Å². The molecule has 2 aromatic rings. The number of benzene rings is 1. The third-order valence-corrected chi connectivity index (χ3v) is 4.67. The first kappa shape index (κ1) is 13.4. The molecule has 1 N–H and O–H groups in total. The first-order valence-corrected chi connectivity index (χ1v) is 7.07. The second-order valence-electron chi connectivity index (χ2n) is 4.66. The summed E-state index contributed by atoms with van der Waals surface area (Å²) in [5, 5.41) is 12.0. The lowest BCUT2D eigenvalue weighted by Crippen LogP contribution is -2.39. The first-order valence-electron chi connectivity index (χ1n) is 6.19. The number of hydrogen-bond acceptors (Lipinski definition) is 5. The average molecular weight is 288 g/mol. The van der Waals surface area contributed by atoms with Crippen molar-refractivity contribution in [1.29, 1.82) is 0 Å². The predicted octanol–water partition coefficient (Wildman–Crippen LogP) is 1.19. The number of fused-ring (bicyclic) bond motifs is 1. The average Bonchev–Trinajstić information content (AvgIpc) is 3.01. The van der Waals surface area contributed by atoms with E-state index in [0.29, 0.717) is 11.0 Å². The molecule has 20 heavy (non-hydrogen) atoms. The third-order valence-electron chi connectivity index (χ3n) is 3.55. The summed E-state index contributed by atoms with van der Waals surface area (Å²) >= 11 is 1.42. The Bertz CT molecular complexity index is 669. The number of ether oxygens (including phenoxy) is 1. The molecule has 2 heterocycles. The van der Waals surface area contributed by atoms with E-state index >= 15 is 0 Å². The standard InChI is InChI=1S/C14H13BO4S/c1-9-7-8-20-12(9)14(13(16)18-2)10-5-3-4-6-11(10)15(17)19-14/h3-8,17H,1-2H3. The number of hydrogen-bond donors (Lipinski definition) is 1. The van der Waals surface area contributed by atoms with Gasteiger partial charge in [0.25, 0.3) is 0 Å². The zero-order chi connectivity index (χ0) is 14.3. The van der Waals surface area contributed by atoms with Crippen LogP contribution < -0.4 is 5.46 Å². The van der Waals surface area contributed by atoms with Crippen LogP contribution in [-0.4, -0.2) is 25.2 Å². The van der Waals surface area contributed by atoms with Gasteiger partial charge in [-0.1, -0.05) is 24.3 Å². The van der Waals surface area contributed by atoms with E-state index in [1.54, 1.807) is 18.2 Å². The first-order chi connectivity index (χ1) is 9.61. The quantitative estimate of drug-likeness (QED) is 0.666. The van der Waals surface area contributed by atoms with Crippen molar-refractivity contribution in [3.05, 3.63) is 51.7 Å². The van der Waals surface area contributed by atoms with Gasteiger partial charge in [0.15, 0.2) is 0 Å². The van der Waals surface area contributed by atoms with E-state index in [9.17, 15) is 9.82 Å². The lowest BCUT2D eigenvalue weighted by molar-refractivity contribution is -0.156. The summed E-state index contributed by atoms with van der Waals surface area (Å²) in [5.41, 5.74) is 0.808. The van der Waals surface area contributed by atoms with Crippen LogP contribution in [0.15, 0.2) is 35.7 Å². The van der Waals surface area contributed by atoms with Gasteiger partial charge in [-0.2, -0.15) is 0 Å². The SMILES string of the molecule is COC(=O)C1(c2sccc2C)OB(O)c2ccccc21. The van der Waals surface area contributed by atoms with Crippen LogP contribution in [0.3, 0.4) is 0 Å². The van der Waals surface area contributed by atoms with Crippen LogP contribution in [0.1, 0.15) is 16.0 Å². The molecule has 0 bridgehead atoms. The molecule has 1 aliphatic heterocycles. The molecule has 0 amide bonds. The minimum absolute atomic E-state index is 0.521. The van der Waals surface area contributed by atoms with Gasteiger partial charge in [-0.15, -0.1) is 11.3 Å². The van der Waals surface area contributed by atoms with Gasteiger partial charge in [0.1, 0.15) is 0 Å². The molecule has 1 aromatic heterocycles. The van der Waals surface area contributed by atoms with Gasteiger partial charge >= 0.3 is 13.1 Å². The summed E-state index contributed by atoms with van der Waals surface area (Å²) in [6.45, 7) is 1.91. The number of carbonyl (C=O) groups is 1. The Labute approximate surface area is 121 Å². The van der Waals surface area contributed by atoms with Crippen LogP contribution in [0.25, 0.3) is 0 Å². The molecule has 0 spiro atoms. The summed E-state index contributed by atoms with van der Waals surface area (Å²) < 4.78 is 10.6. The molecule has 3 rings (SSSR count). The van der Waals surface area contributed by atoms with E-state index in [1.807, 2.05) is 24.4 Å². The van der Waals surface area contributed by atoms with Crippen LogP contribution in [0, 0.1) is 6.92 Å². The van der Waals surface area contributed by atoms with Gasteiger partial charge < -0.3 is 14.4 Å². The Balaban J connectivity index is 2.30. The maximum Gasteiger partial charge on any atom is 0.492 e. The largest absolute Gasteiger partial charge is 0.492 e. The van der Waals surface area contributed by atoms with E-state index in [-0.39, 0.29) is 0 Å². The molecule has 0 saturated heterocycles. The van der Waals surface area contributed by atoms with E-state index < -0.39 is 18.7 Å². The monoisotopic (exact) mass is 288 g/mol. The number of esters is 1. The normalized spacial score (nSPS) is 20.9.